The van der Waals surface area contributed by atoms with Crippen LogP contribution in [0.15, 0.2) is 24.3 Å². The Bertz CT molecular complexity index is 630. The first-order chi connectivity index (χ1) is 16.7. The molecule has 1 aromatic rings. The molecule has 1 aromatic carbocycles. The molecule has 0 heterocycles. The number of anilines is 1. The van der Waals surface area contributed by atoms with Gasteiger partial charge in [0.1, 0.15) is 13.2 Å². The van der Waals surface area contributed by atoms with Crippen molar-refractivity contribution in [1.29, 1.82) is 0 Å². The Kier molecular flexibility index (Phi) is 19.0. The Morgan fingerprint density at radius 1 is 0.647 bits per heavy atom. The van der Waals surface area contributed by atoms with Gasteiger partial charge in [0.25, 0.3) is 0 Å². The van der Waals surface area contributed by atoms with Crippen LogP contribution in [-0.2, 0) is 14.3 Å². The number of nitrogens with one attached hydrogen (secondary N) is 1. The Balaban J connectivity index is 1.93. The highest BCUT2D eigenvalue weighted by atomic mass is 16.6. The summed E-state index contributed by atoms with van der Waals surface area (Å²) < 4.78 is 10.4. The molecule has 0 fully saturated rings. The van der Waals surface area contributed by atoms with Gasteiger partial charge < -0.3 is 14.8 Å². The topological polar surface area (TPSA) is 64.6 Å². The van der Waals surface area contributed by atoms with Crippen molar-refractivity contribution in [3.63, 3.8) is 0 Å². The van der Waals surface area contributed by atoms with Gasteiger partial charge in [-0.2, -0.15) is 0 Å². The number of unbranched alkanes of at least 4 members (excludes halogenated alkanes) is 13. The third kappa shape index (κ3) is 16.6. The molecule has 0 amide bonds. The van der Waals surface area contributed by atoms with Gasteiger partial charge in [-0.3, -0.25) is 4.79 Å². The fourth-order valence-corrected chi connectivity index (χ4v) is 3.87. The molecule has 0 unspecified atom stereocenters. The molecule has 0 bridgehead atoms. The normalized spacial score (nSPS) is 10.8. The number of carbonyl (C=O) groups excluding carboxylic acids is 2. The molecule has 5 nitrogen and oxygen atoms in total. The molecule has 0 aromatic heterocycles. The van der Waals surface area contributed by atoms with Crippen molar-refractivity contribution in [2.45, 2.75) is 117 Å². The van der Waals surface area contributed by atoms with Crippen molar-refractivity contribution in [3.8, 4) is 0 Å². The Labute approximate surface area is 208 Å². The van der Waals surface area contributed by atoms with E-state index in [1.165, 1.54) is 70.6 Å². The van der Waals surface area contributed by atoms with Crippen LogP contribution < -0.4 is 5.32 Å². The lowest BCUT2D eigenvalue weighted by Crippen LogP contribution is -2.14. The average molecular weight is 476 g/mol. The first-order valence-electron chi connectivity index (χ1n) is 13.8. The summed E-state index contributed by atoms with van der Waals surface area (Å²) in [5, 5.41) is 3.31. The van der Waals surface area contributed by atoms with Crippen molar-refractivity contribution < 1.29 is 19.1 Å². The summed E-state index contributed by atoms with van der Waals surface area (Å²) in [6.45, 7) is 5.53. The van der Waals surface area contributed by atoms with E-state index < -0.39 is 5.97 Å². The molecule has 0 aliphatic rings. The van der Waals surface area contributed by atoms with Gasteiger partial charge in [0.15, 0.2) is 0 Å². The standard InChI is InChI=1S/C29H49NO4/c1-3-5-7-8-9-10-11-12-13-14-15-16-17-18-28(31)33-24-25-34-29(32)26-19-21-27(22-20-26)30-23-6-4-2/h19-22,30H,3-18,23-25H2,1-2H3. The van der Waals surface area contributed by atoms with Crippen LogP contribution in [0.25, 0.3) is 0 Å². The first kappa shape index (κ1) is 30.0. The van der Waals surface area contributed by atoms with Crippen LogP contribution >= 0.6 is 0 Å². The molecule has 0 saturated carbocycles. The van der Waals surface area contributed by atoms with Crippen molar-refractivity contribution in [2.75, 3.05) is 25.1 Å². The second-order valence-corrected chi connectivity index (χ2v) is 9.21. The van der Waals surface area contributed by atoms with Gasteiger partial charge in [-0.15, -0.1) is 0 Å². The van der Waals surface area contributed by atoms with Crippen LogP contribution in [0.2, 0.25) is 0 Å². The van der Waals surface area contributed by atoms with Gasteiger partial charge in [-0.25, -0.2) is 4.79 Å². The molecule has 0 radical (unpaired) electrons. The summed E-state index contributed by atoms with van der Waals surface area (Å²) in [7, 11) is 0. The number of ether oxygens (including phenoxy) is 2. The maximum atomic E-state index is 12.1. The minimum Gasteiger partial charge on any atom is -0.462 e. The average Bonchev–Trinajstić information content (AvgIpc) is 2.85. The maximum Gasteiger partial charge on any atom is 0.338 e. The maximum absolute atomic E-state index is 12.1. The molecule has 0 atom stereocenters. The molecule has 194 valence electrons. The lowest BCUT2D eigenvalue weighted by atomic mass is 10.0. The highest BCUT2D eigenvalue weighted by molar-refractivity contribution is 5.89. The van der Waals surface area contributed by atoms with Crippen molar-refractivity contribution >= 4 is 17.6 Å². The highest BCUT2D eigenvalue weighted by Gasteiger charge is 2.08. The van der Waals surface area contributed by atoms with Gasteiger partial charge in [-0.05, 0) is 37.1 Å². The van der Waals surface area contributed by atoms with E-state index in [9.17, 15) is 9.59 Å². The molecular weight excluding hydrogens is 426 g/mol. The van der Waals surface area contributed by atoms with Crippen molar-refractivity contribution in [3.05, 3.63) is 29.8 Å². The SMILES string of the molecule is CCCCCCCCCCCCCCCC(=O)OCCOC(=O)c1ccc(NCCCC)cc1. The van der Waals surface area contributed by atoms with Crippen LogP contribution in [0.4, 0.5) is 5.69 Å². The minimum absolute atomic E-state index is 0.0830. The number of rotatable bonds is 22. The van der Waals surface area contributed by atoms with Gasteiger partial charge in [0.05, 0.1) is 5.56 Å². The number of esters is 2. The number of carbonyl (C=O) groups is 2. The van der Waals surface area contributed by atoms with Crippen LogP contribution in [0.1, 0.15) is 127 Å². The number of hydrogen-bond acceptors (Lipinski definition) is 5. The largest absolute Gasteiger partial charge is 0.462 e. The second-order valence-electron chi connectivity index (χ2n) is 9.21. The lowest BCUT2D eigenvalue weighted by Gasteiger charge is -2.08. The van der Waals surface area contributed by atoms with Crippen molar-refractivity contribution in [2.24, 2.45) is 0 Å². The van der Waals surface area contributed by atoms with Crippen LogP contribution in [0, 0.1) is 0 Å². The number of benzene rings is 1. The molecule has 34 heavy (non-hydrogen) atoms. The summed E-state index contributed by atoms with van der Waals surface area (Å²) in [5.74, 6) is -0.603. The predicted octanol–water partition coefficient (Wildman–Crippen LogP) is 8.08. The van der Waals surface area contributed by atoms with Crippen LogP contribution in [0.5, 0.6) is 0 Å². The van der Waals surface area contributed by atoms with Gasteiger partial charge in [0.2, 0.25) is 0 Å². The summed E-state index contributed by atoms with van der Waals surface area (Å²) >= 11 is 0. The Morgan fingerprint density at radius 2 is 1.15 bits per heavy atom. The molecule has 1 N–H and O–H groups in total. The van der Waals surface area contributed by atoms with Crippen LogP contribution in [-0.4, -0.2) is 31.7 Å². The first-order valence-corrected chi connectivity index (χ1v) is 13.8. The molecule has 0 aliphatic carbocycles. The van der Waals surface area contributed by atoms with E-state index in [1.54, 1.807) is 12.1 Å². The van der Waals surface area contributed by atoms with Gasteiger partial charge in [0, 0.05) is 18.7 Å². The summed E-state index contributed by atoms with van der Waals surface area (Å²) in [6.07, 6.45) is 19.4. The number of hydrogen-bond donors (Lipinski definition) is 1. The van der Waals surface area contributed by atoms with Crippen molar-refractivity contribution in [1.82, 2.24) is 0 Å². The summed E-state index contributed by atoms with van der Waals surface area (Å²) in [6, 6.07) is 7.25. The zero-order valence-electron chi connectivity index (χ0n) is 21.9. The molecule has 0 aliphatic heterocycles. The lowest BCUT2D eigenvalue weighted by molar-refractivity contribution is -0.144. The zero-order chi connectivity index (χ0) is 24.7. The predicted molar refractivity (Wildman–Crippen MR) is 141 cm³/mol. The van der Waals surface area contributed by atoms with E-state index in [-0.39, 0.29) is 19.2 Å². The van der Waals surface area contributed by atoms with E-state index >= 15 is 0 Å². The summed E-state index contributed by atoms with van der Waals surface area (Å²) in [5.41, 5.74) is 1.49. The fourth-order valence-electron chi connectivity index (χ4n) is 3.87. The highest BCUT2D eigenvalue weighted by Crippen LogP contribution is 2.13. The van der Waals surface area contributed by atoms with E-state index in [2.05, 4.69) is 19.2 Å². The quantitative estimate of drug-likeness (QED) is 0.136. The molecular formula is C29H49NO4. The van der Waals surface area contributed by atoms with E-state index in [0.717, 1.165) is 37.9 Å². The zero-order valence-corrected chi connectivity index (χ0v) is 21.9. The molecule has 0 saturated heterocycles. The van der Waals surface area contributed by atoms with E-state index in [0.29, 0.717) is 12.0 Å². The minimum atomic E-state index is -0.396. The van der Waals surface area contributed by atoms with Gasteiger partial charge >= 0.3 is 11.9 Å². The van der Waals surface area contributed by atoms with Gasteiger partial charge in [-0.1, -0.05) is 97.3 Å². The Morgan fingerprint density at radius 3 is 1.71 bits per heavy atom. The Hall–Kier alpha value is -2.04. The smallest absolute Gasteiger partial charge is 0.338 e. The van der Waals surface area contributed by atoms with Crippen LogP contribution in [0.3, 0.4) is 0 Å². The molecule has 1 rings (SSSR count). The second kappa shape index (κ2) is 21.5. The summed E-state index contributed by atoms with van der Waals surface area (Å²) in [4.78, 5) is 23.9. The third-order valence-corrected chi connectivity index (χ3v) is 6.04. The molecule has 0 spiro atoms. The molecule has 5 heteroatoms. The van der Waals surface area contributed by atoms with E-state index in [1.807, 2.05) is 12.1 Å². The fraction of sp³-hybridized carbons (Fsp3) is 0.724. The van der Waals surface area contributed by atoms with E-state index in [4.69, 9.17) is 9.47 Å². The third-order valence-electron chi connectivity index (χ3n) is 6.04. The monoisotopic (exact) mass is 475 g/mol.